The van der Waals surface area contributed by atoms with Gasteiger partial charge in [0.05, 0.1) is 0 Å². The lowest BCUT2D eigenvalue weighted by molar-refractivity contribution is -0.120. The molecule has 0 aliphatic rings. The van der Waals surface area contributed by atoms with Crippen LogP contribution in [0.2, 0.25) is 0 Å². The zero-order valence-electron chi connectivity index (χ0n) is 9.84. The average Bonchev–Trinajstić information content (AvgIpc) is 2.22. The Kier molecular flexibility index (Phi) is 5.62. The molecule has 0 aliphatic heterocycles. The minimum absolute atomic E-state index is 0.361. The number of rotatable bonds is 5. The molecule has 0 spiro atoms. The van der Waals surface area contributed by atoms with E-state index >= 15 is 0 Å². The van der Waals surface area contributed by atoms with Crippen molar-refractivity contribution >= 4 is 37.8 Å². The highest BCUT2D eigenvalue weighted by Gasteiger charge is 2.18. The predicted octanol–water partition coefficient (Wildman–Crippen LogP) is 2.98. The lowest BCUT2D eigenvalue weighted by Gasteiger charge is -2.17. The van der Waals surface area contributed by atoms with Gasteiger partial charge in [-0.05, 0) is 62.0 Å². The Morgan fingerprint density at radius 3 is 2.47 bits per heavy atom. The van der Waals surface area contributed by atoms with E-state index in [9.17, 15) is 4.79 Å². The normalized spacial score (nSPS) is 12.8. The molecule has 0 saturated heterocycles. The third-order valence-corrected chi connectivity index (χ3v) is 4.17. The number of carbonyl (C=O) groups is 1. The number of hydrogen-bond donors (Lipinski definition) is 2. The van der Waals surface area contributed by atoms with E-state index in [-0.39, 0.29) is 5.91 Å². The first-order valence-corrected chi connectivity index (χ1v) is 6.98. The number of amides is 1. The van der Waals surface area contributed by atoms with Gasteiger partial charge in [0.15, 0.2) is 0 Å². The fourth-order valence-corrected chi connectivity index (χ4v) is 2.07. The Labute approximate surface area is 118 Å². The molecule has 1 unspecified atom stereocenters. The summed E-state index contributed by atoms with van der Waals surface area (Å²) in [5.74, 6) is 0.107. The second-order valence-electron chi connectivity index (χ2n) is 4.31. The van der Waals surface area contributed by atoms with Crippen molar-refractivity contribution in [1.82, 2.24) is 5.32 Å². The van der Waals surface area contributed by atoms with Gasteiger partial charge in [-0.25, -0.2) is 0 Å². The minimum atomic E-state index is -0.443. The molecule has 0 aliphatic carbocycles. The molecular formula is C12H16Br2N2O. The molecule has 3 N–H and O–H groups in total. The van der Waals surface area contributed by atoms with Gasteiger partial charge in [-0.15, -0.1) is 0 Å². The molecule has 0 aromatic heterocycles. The van der Waals surface area contributed by atoms with Gasteiger partial charge < -0.3 is 11.1 Å². The monoisotopic (exact) mass is 362 g/mol. The molecule has 1 aromatic carbocycles. The highest BCUT2D eigenvalue weighted by atomic mass is 79.9. The summed E-state index contributed by atoms with van der Waals surface area (Å²) in [6.07, 6.45) is 0. The summed E-state index contributed by atoms with van der Waals surface area (Å²) in [5, 5.41) is 3.17. The molecule has 17 heavy (non-hydrogen) atoms. The Hall–Kier alpha value is -0.390. The van der Waals surface area contributed by atoms with Crippen LogP contribution in [0, 0.1) is 5.92 Å². The molecule has 0 bridgehead atoms. The van der Waals surface area contributed by atoms with Crippen LogP contribution in [0.4, 0.5) is 0 Å². The van der Waals surface area contributed by atoms with Crippen molar-refractivity contribution in [3.63, 3.8) is 0 Å². The van der Waals surface area contributed by atoms with Crippen molar-refractivity contribution in [1.29, 1.82) is 0 Å². The van der Waals surface area contributed by atoms with E-state index in [1.54, 1.807) is 0 Å². The van der Waals surface area contributed by atoms with E-state index < -0.39 is 6.04 Å². The predicted molar refractivity (Wildman–Crippen MR) is 76.6 cm³/mol. The Bertz CT molecular complexity index is 407. The lowest BCUT2D eigenvalue weighted by atomic mass is 10.1. The van der Waals surface area contributed by atoms with Crippen LogP contribution in [0.15, 0.2) is 27.1 Å². The summed E-state index contributed by atoms with van der Waals surface area (Å²) in [5.41, 5.74) is 6.28. The molecule has 1 amide bonds. The smallest absolute Gasteiger partial charge is 0.239 e. The molecular weight excluding hydrogens is 348 g/mol. The average molecular weight is 364 g/mol. The largest absolute Gasteiger partial charge is 0.368 e. The van der Waals surface area contributed by atoms with Crippen LogP contribution >= 0.6 is 31.9 Å². The zero-order valence-corrected chi connectivity index (χ0v) is 13.0. The van der Waals surface area contributed by atoms with Crippen LogP contribution in [0.5, 0.6) is 0 Å². The lowest BCUT2D eigenvalue weighted by Crippen LogP contribution is -2.35. The number of carbonyl (C=O) groups excluding carboxylic acids is 1. The van der Waals surface area contributed by atoms with Crippen LogP contribution in [0.1, 0.15) is 25.5 Å². The van der Waals surface area contributed by atoms with Crippen molar-refractivity contribution in [3.8, 4) is 0 Å². The number of halogens is 2. The second kappa shape index (κ2) is 6.52. The first-order chi connectivity index (χ1) is 7.91. The molecule has 5 heteroatoms. The molecule has 0 heterocycles. The van der Waals surface area contributed by atoms with Crippen molar-refractivity contribution in [2.75, 3.05) is 6.54 Å². The van der Waals surface area contributed by atoms with E-state index in [0.717, 1.165) is 21.1 Å². The number of nitrogens with two attached hydrogens (primary N) is 1. The summed E-state index contributed by atoms with van der Waals surface area (Å²) in [6.45, 7) is 4.92. The molecule has 1 aromatic rings. The molecule has 0 radical (unpaired) electrons. The molecule has 3 nitrogen and oxygen atoms in total. The second-order valence-corrected chi connectivity index (χ2v) is 6.02. The quantitative estimate of drug-likeness (QED) is 0.844. The van der Waals surface area contributed by atoms with Crippen molar-refractivity contribution < 1.29 is 4.79 Å². The summed E-state index contributed by atoms with van der Waals surface area (Å²) in [6, 6.07) is 5.23. The maximum Gasteiger partial charge on any atom is 0.239 e. The van der Waals surface area contributed by atoms with Crippen LogP contribution in [-0.4, -0.2) is 12.5 Å². The third-order valence-electron chi connectivity index (χ3n) is 2.29. The number of nitrogens with one attached hydrogen (secondary N) is 1. The first kappa shape index (κ1) is 14.7. The van der Waals surface area contributed by atoms with Crippen LogP contribution in [-0.2, 0) is 4.79 Å². The topological polar surface area (TPSA) is 55.1 Å². The highest BCUT2D eigenvalue weighted by molar-refractivity contribution is 9.13. The molecule has 94 valence electrons. The molecule has 0 saturated carbocycles. The van der Waals surface area contributed by atoms with Gasteiger partial charge in [0.1, 0.15) is 6.04 Å². The SMILES string of the molecule is CC(C)CNC(C(N)=O)c1ccc(Br)c(Br)c1. The molecule has 1 rings (SSSR count). The summed E-state index contributed by atoms with van der Waals surface area (Å²) in [4.78, 5) is 11.4. The Balaban J connectivity index is 2.89. The van der Waals surface area contributed by atoms with Gasteiger partial charge in [0, 0.05) is 8.95 Å². The highest BCUT2D eigenvalue weighted by Crippen LogP contribution is 2.26. The van der Waals surface area contributed by atoms with Gasteiger partial charge in [-0.2, -0.15) is 0 Å². The van der Waals surface area contributed by atoms with Gasteiger partial charge in [-0.3, -0.25) is 4.79 Å². The van der Waals surface area contributed by atoms with Gasteiger partial charge in [0.25, 0.3) is 0 Å². The number of primary amides is 1. The van der Waals surface area contributed by atoms with Gasteiger partial charge >= 0.3 is 0 Å². The molecule has 0 fully saturated rings. The van der Waals surface area contributed by atoms with Crippen molar-refractivity contribution in [2.24, 2.45) is 11.7 Å². The van der Waals surface area contributed by atoms with Crippen molar-refractivity contribution in [2.45, 2.75) is 19.9 Å². The van der Waals surface area contributed by atoms with E-state index in [1.165, 1.54) is 0 Å². The zero-order chi connectivity index (χ0) is 13.0. The Morgan fingerprint density at radius 1 is 1.35 bits per heavy atom. The summed E-state index contributed by atoms with van der Waals surface area (Å²) >= 11 is 6.81. The fourth-order valence-electron chi connectivity index (χ4n) is 1.43. The number of benzene rings is 1. The minimum Gasteiger partial charge on any atom is -0.368 e. The maximum absolute atomic E-state index is 11.4. The van der Waals surface area contributed by atoms with Crippen LogP contribution < -0.4 is 11.1 Å². The van der Waals surface area contributed by atoms with E-state index in [4.69, 9.17) is 5.73 Å². The van der Waals surface area contributed by atoms with Gasteiger partial charge in [0.2, 0.25) is 5.91 Å². The standard InChI is InChI=1S/C12H16Br2N2O/c1-7(2)6-16-11(12(15)17)8-3-4-9(13)10(14)5-8/h3-5,7,11,16H,6H2,1-2H3,(H2,15,17). The van der Waals surface area contributed by atoms with Crippen molar-refractivity contribution in [3.05, 3.63) is 32.7 Å². The fraction of sp³-hybridized carbons (Fsp3) is 0.417. The van der Waals surface area contributed by atoms with E-state index in [1.807, 2.05) is 18.2 Å². The Morgan fingerprint density at radius 2 is 2.00 bits per heavy atom. The summed E-state index contributed by atoms with van der Waals surface area (Å²) < 4.78 is 1.86. The maximum atomic E-state index is 11.4. The first-order valence-electron chi connectivity index (χ1n) is 5.39. The molecule has 1 atom stereocenters. The number of hydrogen-bond acceptors (Lipinski definition) is 2. The van der Waals surface area contributed by atoms with E-state index in [2.05, 4.69) is 51.0 Å². The van der Waals surface area contributed by atoms with Crippen LogP contribution in [0.3, 0.4) is 0 Å². The van der Waals surface area contributed by atoms with E-state index in [0.29, 0.717) is 5.92 Å². The third kappa shape index (κ3) is 4.41. The summed E-state index contributed by atoms with van der Waals surface area (Å²) in [7, 11) is 0. The van der Waals surface area contributed by atoms with Crippen LogP contribution in [0.25, 0.3) is 0 Å². The van der Waals surface area contributed by atoms with Gasteiger partial charge in [-0.1, -0.05) is 19.9 Å².